The second-order valence-electron chi connectivity index (χ2n) is 7.93. The van der Waals surface area contributed by atoms with E-state index in [1.807, 2.05) is 4.90 Å². The van der Waals surface area contributed by atoms with E-state index < -0.39 is 5.92 Å². The minimum atomic E-state index is -2.62. The Morgan fingerprint density at radius 3 is 2.50 bits per heavy atom. The number of piperidine rings is 2. The van der Waals surface area contributed by atoms with Crippen molar-refractivity contribution in [2.75, 3.05) is 66.1 Å². The molecule has 0 saturated carbocycles. The van der Waals surface area contributed by atoms with Gasteiger partial charge in [0.25, 0.3) is 5.92 Å². The number of hydrogen-bond acceptors (Lipinski definition) is 5. The Balaban J connectivity index is 1.32. The first kappa shape index (κ1) is 19.9. The number of alkyl halides is 2. The van der Waals surface area contributed by atoms with Crippen LogP contribution in [0.3, 0.4) is 0 Å². The Bertz CT molecular complexity index is 464. The van der Waals surface area contributed by atoms with Crippen molar-refractivity contribution < 1.29 is 18.3 Å². The molecule has 1 N–H and O–H groups in total. The molecule has 0 aromatic heterocycles. The Morgan fingerprint density at radius 1 is 1.15 bits per heavy atom. The van der Waals surface area contributed by atoms with Crippen LogP contribution in [0.25, 0.3) is 0 Å². The fourth-order valence-electron chi connectivity index (χ4n) is 4.19. The molecule has 6 nitrogen and oxygen atoms in total. The van der Waals surface area contributed by atoms with Gasteiger partial charge in [-0.2, -0.15) is 0 Å². The molecule has 0 aromatic rings. The van der Waals surface area contributed by atoms with Gasteiger partial charge in [0, 0.05) is 57.6 Å². The molecule has 0 spiro atoms. The Morgan fingerprint density at radius 2 is 1.85 bits per heavy atom. The first-order chi connectivity index (χ1) is 12.4. The van der Waals surface area contributed by atoms with Crippen molar-refractivity contribution in [3.8, 4) is 0 Å². The van der Waals surface area contributed by atoms with Gasteiger partial charge >= 0.3 is 0 Å². The number of halogens is 2. The summed E-state index contributed by atoms with van der Waals surface area (Å²) in [6.07, 6.45) is 2.07. The molecule has 3 aliphatic rings. The summed E-state index contributed by atoms with van der Waals surface area (Å²) in [7, 11) is 2.16. The Labute approximate surface area is 154 Å². The minimum absolute atomic E-state index is 0.0159. The Hall–Kier alpha value is -0.830. The van der Waals surface area contributed by atoms with Gasteiger partial charge in [-0.05, 0) is 33.0 Å². The highest BCUT2D eigenvalue weighted by molar-refractivity contribution is 5.77. The van der Waals surface area contributed by atoms with E-state index in [1.165, 1.54) is 12.8 Å². The van der Waals surface area contributed by atoms with Crippen LogP contribution in [0.4, 0.5) is 8.78 Å². The number of piperazine rings is 1. The van der Waals surface area contributed by atoms with E-state index in [4.69, 9.17) is 4.74 Å². The largest absolute Gasteiger partial charge is 0.370 e. The highest BCUT2D eigenvalue weighted by atomic mass is 19.3. The molecule has 1 atom stereocenters. The van der Waals surface area contributed by atoms with E-state index in [0.29, 0.717) is 12.6 Å². The molecule has 0 radical (unpaired) electrons. The van der Waals surface area contributed by atoms with E-state index in [0.717, 1.165) is 39.3 Å². The molecule has 1 unspecified atom stereocenters. The molecular formula is C18H32F2N4O2. The van der Waals surface area contributed by atoms with Crippen LogP contribution >= 0.6 is 0 Å². The summed E-state index contributed by atoms with van der Waals surface area (Å²) in [5.74, 6) is -2.65. The van der Waals surface area contributed by atoms with Crippen molar-refractivity contribution in [2.24, 2.45) is 0 Å². The molecule has 3 aliphatic heterocycles. The van der Waals surface area contributed by atoms with Gasteiger partial charge in [0.2, 0.25) is 5.91 Å². The van der Waals surface area contributed by atoms with Crippen molar-refractivity contribution >= 4 is 5.91 Å². The molecule has 3 fully saturated rings. The van der Waals surface area contributed by atoms with Crippen molar-refractivity contribution in [1.82, 2.24) is 20.0 Å². The number of hydrogen-bond donors (Lipinski definition) is 1. The zero-order chi connectivity index (χ0) is 18.6. The van der Waals surface area contributed by atoms with E-state index in [9.17, 15) is 13.6 Å². The molecule has 26 heavy (non-hydrogen) atoms. The second kappa shape index (κ2) is 8.91. The van der Waals surface area contributed by atoms with Crippen LogP contribution in [0, 0.1) is 0 Å². The summed E-state index contributed by atoms with van der Waals surface area (Å²) in [6.45, 7) is 6.02. The van der Waals surface area contributed by atoms with Gasteiger partial charge in [0.1, 0.15) is 6.61 Å². The van der Waals surface area contributed by atoms with Gasteiger partial charge in [0.05, 0.1) is 6.61 Å². The van der Waals surface area contributed by atoms with Crippen LogP contribution in [0.1, 0.15) is 25.7 Å². The fraction of sp³-hybridized carbons (Fsp3) is 0.944. The normalized spacial score (nSPS) is 29.0. The van der Waals surface area contributed by atoms with Crippen LogP contribution in [0.2, 0.25) is 0 Å². The quantitative estimate of drug-likeness (QED) is 0.765. The van der Waals surface area contributed by atoms with Crippen molar-refractivity contribution in [2.45, 2.75) is 43.7 Å². The minimum Gasteiger partial charge on any atom is -0.370 e. The monoisotopic (exact) mass is 374 g/mol. The maximum absolute atomic E-state index is 13.4. The smallest absolute Gasteiger partial charge is 0.250 e. The summed E-state index contributed by atoms with van der Waals surface area (Å²) in [5, 5.41) is 3.03. The lowest BCUT2D eigenvalue weighted by atomic mass is 10.0. The summed E-state index contributed by atoms with van der Waals surface area (Å²) < 4.78 is 32.2. The van der Waals surface area contributed by atoms with Crippen LogP contribution in [0.15, 0.2) is 0 Å². The summed E-state index contributed by atoms with van der Waals surface area (Å²) >= 11 is 0. The number of rotatable bonds is 5. The first-order valence-corrected chi connectivity index (χ1v) is 9.82. The summed E-state index contributed by atoms with van der Waals surface area (Å²) in [4.78, 5) is 19.0. The molecule has 3 saturated heterocycles. The maximum atomic E-state index is 13.4. The average Bonchev–Trinajstić information content (AvgIpc) is 2.62. The molecule has 0 bridgehead atoms. The number of ether oxygens (including phenoxy) is 1. The lowest BCUT2D eigenvalue weighted by molar-refractivity contribution is -0.139. The molecule has 3 rings (SSSR count). The van der Waals surface area contributed by atoms with Gasteiger partial charge in [0.15, 0.2) is 0 Å². The molecule has 0 aliphatic carbocycles. The number of carbonyl (C=O) groups excluding carboxylic acids is 1. The zero-order valence-electron chi connectivity index (χ0n) is 15.8. The second-order valence-corrected chi connectivity index (χ2v) is 7.93. The third-order valence-corrected chi connectivity index (χ3v) is 5.88. The van der Waals surface area contributed by atoms with Crippen LogP contribution in [-0.4, -0.2) is 105 Å². The van der Waals surface area contributed by atoms with E-state index in [1.54, 1.807) is 0 Å². The van der Waals surface area contributed by atoms with E-state index in [-0.39, 0.29) is 38.0 Å². The van der Waals surface area contributed by atoms with Gasteiger partial charge in [-0.15, -0.1) is 0 Å². The van der Waals surface area contributed by atoms with Crippen molar-refractivity contribution in [3.63, 3.8) is 0 Å². The summed E-state index contributed by atoms with van der Waals surface area (Å²) in [6, 6.07) is 0.270. The van der Waals surface area contributed by atoms with Crippen molar-refractivity contribution in [3.05, 3.63) is 0 Å². The number of likely N-dealkylation sites (tertiary alicyclic amines) is 1. The lowest BCUT2D eigenvalue weighted by Crippen LogP contribution is -2.54. The molecular weight excluding hydrogens is 342 g/mol. The first-order valence-electron chi connectivity index (χ1n) is 9.82. The fourth-order valence-corrected chi connectivity index (χ4v) is 4.19. The third kappa shape index (κ3) is 5.58. The molecule has 3 heterocycles. The highest BCUT2D eigenvalue weighted by Crippen LogP contribution is 2.27. The predicted molar refractivity (Wildman–Crippen MR) is 95.5 cm³/mol. The van der Waals surface area contributed by atoms with Crippen LogP contribution in [-0.2, 0) is 9.53 Å². The Kier molecular flexibility index (Phi) is 6.82. The lowest BCUT2D eigenvalue weighted by Gasteiger charge is -2.42. The maximum Gasteiger partial charge on any atom is 0.250 e. The third-order valence-electron chi connectivity index (χ3n) is 5.88. The number of nitrogens with zero attached hydrogens (tertiary/aromatic N) is 3. The number of amides is 1. The van der Waals surface area contributed by atoms with Gasteiger partial charge in [-0.1, -0.05) is 0 Å². The zero-order valence-corrected chi connectivity index (χ0v) is 15.8. The van der Waals surface area contributed by atoms with Gasteiger partial charge < -0.3 is 19.9 Å². The predicted octanol–water partition coefficient (Wildman–Crippen LogP) is 0.629. The van der Waals surface area contributed by atoms with Crippen LogP contribution in [0.5, 0.6) is 0 Å². The summed E-state index contributed by atoms with van der Waals surface area (Å²) in [5.41, 5.74) is 0. The highest BCUT2D eigenvalue weighted by Gasteiger charge is 2.36. The standard InChI is InChI=1S/C18H32F2N4O2/c1-22-6-2-16(3-7-22)23-8-10-24(11-9-23)17(25)14-26-13-15-12-18(19,20)4-5-21-15/h15-16,21H,2-14H2,1H3. The van der Waals surface area contributed by atoms with Crippen molar-refractivity contribution in [1.29, 1.82) is 0 Å². The van der Waals surface area contributed by atoms with Gasteiger partial charge in [-0.25, -0.2) is 8.78 Å². The van der Waals surface area contributed by atoms with E-state index >= 15 is 0 Å². The average molecular weight is 374 g/mol. The topological polar surface area (TPSA) is 48.0 Å². The molecule has 8 heteroatoms. The number of nitrogens with one attached hydrogen (secondary N) is 1. The molecule has 1 amide bonds. The van der Waals surface area contributed by atoms with E-state index in [2.05, 4.69) is 22.2 Å². The number of carbonyl (C=O) groups is 1. The molecule has 150 valence electrons. The molecule has 0 aromatic carbocycles. The van der Waals surface area contributed by atoms with Gasteiger partial charge in [-0.3, -0.25) is 9.69 Å². The van der Waals surface area contributed by atoms with Crippen LogP contribution < -0.4 is 5.32 Å². The SMILES string of the molecule is CN1CCC(N2CCN(C(=O)COCC3CC(F)(F)CCN3)CC2)CC1.